The van der Waals surface area contributed by atoms with Crippen LogP contribution in [0.15, 0.2) is 42.5 Å². The molecule has 3 fully saturated rings. The first kappa shape index (κ1) is 24.4. The SMILES string of the molecule is CC1(c2cc(C(C)(C)NC(=O)OCc3ccccc3)cc(O[C@@H]3[C@@H]4CN(C(=O)O)C[C@@H]43)n2)CCCC1. The van der Waals surface area contributed by atoms with E-state index in [1.165, 1.54) is 17.7 Å². The summed E-state index contributed by atoms with van der Waals surface area (Å²) in [5.41, 5.74) is 2.08. The molecule has 2 aromatic rings. The van der Waals surface area contributed by atoms with Crippen molar-refractivity contribution in [2.45, 2.75) is 70.1 Å². The minimum absolute atomic E-state index is 0.0144. The van der Waals surface area contributed by atoms with Gasteiger partial charge in [-0.3, -0.25) is 0 Å². The number of likely N-dealkylation sites (tertiary alicyclic amines) is 1. The number of benzene rings is 1. The summed E-state index contributed by atoms with van der Waals surface area (Å²) >= 11 is 0. The number of carbonyl (C=O) groups excluding carboxylic acids is 1. The molecule has 3 atom stereocenters. The van der Waals surface area contributed by atoms with Crippen molar-refractivity contribution < 1.29 is 24.2 Å². The molecule has 1 saturated heterocycles. The van der Waals surface area contributed by atoms with Gasteiger partial charge in [0, 0.05) is 36.4 Å². The van der Waals surface area contributed by atoms with Gasteiger partial charge in [0.2, 0.25) is 5.88 Å². The third kappa shape index (κ3) is 4.99. The summed E-state index contributed by atoms with van der Waals surface area (Å²) in [6.45, 7) is 7.38. The van der Waals surface area contributed by atoms with Gasteiger partial charge in [-0.25, -0.2) is 14.6 Å². The van der Waals surface area contributed by atoms with Crippen LogP contribution in [0.25, 0.3) is 0 Å². The highest BCUT2D eigenvalue weighted by atomic mass is 16.5. The van der Waals surface area contributed by atoms with Crippen LogP contribution in [0.1, 0.15) is 63.3 Å². The second-order valence-corrected chi connectivity index (χ2v) is 11.3. The molecule has 1 aromatic carbocycles. The number of alkyl carbamates (subject to hydrolysis) is 1. The summed E-state index contributed by atoms with van der Waals surface area (Å²) in [6.07, 6.45) is 3.11. The lowest BCUT2D eigenvalue weighted by atomic mass is 9.82. The number of rotatable bonds is 7. The lowest BCUT2D eigenvalue weighted by molar-refractivity contribution is 0.129. The second kappa shape index (κ2) is 9.30. The average Bonchev–Trinajstić information content (AvgIpc) is 3.20. The Morgan fingerprint density at radius 2 is 1.81 bits per heavy atom. The van der Waals surface area contributed by atoms with Gasteiger partial charge in [0.15, 0.2) is 0 Å². The number of aromatic nitrogens is 1. The first-order valence-corrected chi connectivity index (χ1v) is 12.8. The van der Waals surface area contributed by atoms with E-state index in [1.807, 2.05) is 50.2 Å². The molecule has 2 heterocycles. The summed E-state index contributed by atoms with van der Waals surface area (Å²) in [5.74, 6) is 0.983. The third-order valence-corrected chi connectivity index (χ3v) is 8.12. The topological polar surface area (TPSA) is 101 Å². The predicted octanol–water partition coefficient (Wildman–Crippen LogP) is 5.06. The van der Waals surface area contributed by atoms with Crippen molar-refractivity contribution in [3.63, 3.8) is 0 Å². The van der Waals surface area contributed by atoms with Crippen LogP contribution in [0.4, 0.5) is 9.59 Å². The van der Waals surface area contributed by atoms with E-state index in [0.29, 0.717) is 19.0 Å². The lowest BCUT2D eigenvalue weighted by Gasteiger charge is -2.30. The summed E-state index contributed by atoms with van der Waals surface area (Å²) in [7, 11) is 0. The number of fused-ring (bicyclic) bond motifs is 1. The number of nitrogens with one attached hydrogen (secondary N) is 1. The largest absolute Gasteiger partial charge is 0.474 e. The van der Waals surface area contributed by atoms with Crippen molar-refractivity contribution in [2.75, 3.05) is 13.1 Å². The monoisotopic (exact) mass is 493 g/mol. The third-order valence-electron chi connectivity index (χ3n) is 8.12. The molecule has 1 aliphatic heterocycles. The maximum absolute atomic E-state index is 12.7. The van der Waals surface area contributed by atoms with Crippen molar-refractivity contribution in [3.8, 4) is 5.88 Å². The Labute approximate surface area is 212 Å². The van der Waals surface area contributed by atoms with Crippen molar-refractivity contribution in [1.29, 1.82) is 0 Å². The molecule has 2 aliphatic carbocycles. The van der Waals surface area contributed by atoms with Crippen molar-refractivity contribution in [2.24, 2.45) is 11.8 Å². The summed E-state index contributed by atoms with van der Waals surface area (Å²) in [6, 6.07) is 13.6. The Balaban J connectivity index is 1.32. The number of pyridine rings is 1. The van der Waals surface area contributed by atoms with E-state index in [2.05, 4.69) is 18.3 Å². The number of hydrogen-bond acceptors (Lipinski definition) is 5. The van der Waals surface area contributed by atoms with Gasteiger partial charge in [-0.15, -0.1) is 0 Å². The van der Waals surface area contributed by atoms with E-state index in [-0.39, 0.29) is 30.0 Å². The maximum atomic E-state index is 12.7. The standard InChI is InChI=1S/C28H35N3O5/c1-27(2,30-25(32)35-17-18-9-5-4-6-10-18)19-13-22(28(3)11-7-8-12-28)29-23(14-19)36-24-20-15-31(26(33)34)16-21(20)24/h4-6,9-10,13-14,20-21,24H,7-8,11-12,15-17H2,1-3H3,(H,30,32)(H,33,34)/t20-,21+,24-. The van der Waals surface area contributed by atoms with Crippen molar-refractivity contribution in [3.05, 3.63) is 59.3 Å². The van der Waals surface area contributed by atoms with Gasteiger partial charge in [-0.05, 0) is 43.9 Å². The molecule has 1 aromatic heterocycles. The molecule has 5 rings (SSSR count). The highest BCUT2D eigenvalue weighted by Crippen LogP contribution is 2.48. The zero-order valence-corrected chi connectivity index (χ0v) is 21.2. The van der Waals surface area contributed by atoms with Crippen LogP contribution in [0.3, 0.4) is 0 Å². The van der Waals surface area contributed by atoms with Crippen molar-refractivity contribution >= 4 is 12.2 Å². The predicted molar refractivity (Wildman–Crippen MR) is 134 cm³/mol. The maximum Gasteiger partial charge on any atom is 0.408 e. The Kier molecular flexibility index (Phi) is 6.30. The van der Waals surface area contributed by atoms with Gasteiger partial charge >= 0.3 is 12.2 Å². The molecule has 2 N–H and O–H groups in total. The van der Waals surface area contributed by atoms with E-state index in [1.54, 1.807) is 0 Å². The number of amides is 2. The molecule has 0 bridgehead atoms. The van der Waals surface area contributed by atoms with E-state index in [9.17, 15) is 14.7 Å². The van der Waals surface area contributed by atoms with E-state index in [0.717, 1.165) is 29.7 Å². The van der Waals surface area contributed by atoms with Crippen LogP contribution in [-0.2, 0) is 22.3 Å². The quantitative estimate of drug-likeness (QED) is 0.559. The summed E-state index contributed by atoms with van der Waals surface area (Å²) < 4.78 is 11.8. The molecule has 2 amide bonds. The fourth-order valence-corrected chi connectivity index (χ4v) is 5.68. The highest BCUT2D eigenvalue weighted by Gasteiger charge is 2.59. The smallest absolute Gasteiger partial charge is 0.408 e. The zero-order valence-electron chi connectivity index (χ0n) is 21.2. The Morgan fingerprint density at radius 3 is 2.44 bits per heavy atom. The van der Waals surface area contributed by atoms with Gasteiger partial charge in [-0.1, -0.05) is 50.1 Å². The second-order valence-electron chi connectivity index (χ2n) is 11.3. The van der Waals surface area contributed by atoms with Crippen LogP contribution < -0.4 is 10.1 Å². The zero-order chi connectivity index (χ0) is 25.5. The van der Waals surface area contributed by atoms with Crippen LogP contribution in [0.5, 0.6) is 5.88 Å². The van der Waals surface area contributed by atoms with Gasteiger partial charge in [0.25, 0.3) is 0 Å². The molecule has 0 unspecified atom stereocenters. The molecular weight excluding hydrogens is 458 g/mol. The van der Waals surface area contributed by atoms with E-state index >= 15 is 0 Å². The number of piperidine rings is 1. The number of carbonyl (C=O) groups is 2. The molecule has 36 heavy (non-hydrogen) atoms. The summed E-state index contributed by atoms with van der Waals surface area (Å²) in [4.78, 5) is 30.3. The van der Waals surface area contributed by atoms with Crippen molar-refractivity contribution in [1.82, 2.24) is 15.2 Å². The molecule has 3 aliphatic rings. The first-order chi connectivity index (χ1) is 17.1. The Hall–Kier alpha value is -3.29. The molecular formula is C28H35N3O5. The Morgan fingerprint density at radius 1 is 1.14 bits per heavy atom. The minimum Gasteiger partial charge on any atom is -0.474 e. The number of hydrogen-bond donors (Lipinski definition) is 2. The summed E-state index contributed by atoms with van der Waals surface area (Å²) in [5, 5.41) is 12.3. The van der Waals surface area contributed by atoms with E-state index in [4.69, 9.17) is 14.5 Å². The van der Waals surface area contributed by atoms with E-state index < -0.39 is 17.7 Å². The van der Waals surface area contributed by atoms with Gasteiger partial charge in [0.05, 0.1) is 11.2 Å². The van der Waals surface area contributed by atoms with Gasteiger partial charge in [0.1, 0.15) is 12.7 Å². The molecule has 0 radical (unpaired) electrons. The fourth-order valence-electron chi connectivity index (χ4n) is 5.68. The minimum atomic E-state index is -0.871. The normalized spacial score (nSPS) is 24.2. The number of carboxylic acid groups (broad SMARTS) is 1. The average molecular weight is 494 g/mol. The molecule has 0 spiro atoms. The lowest BCUT2D eigenvalue weighted by Crippen LogP contribution is -2.41. The Bertz CT molecular complexity index is 1120. The van der Waals surface area contributed by atoms with Crippen LogP contribution >= 0.6 is 0 Å². The first-order valence-electron chi connectivity index (χ1n) is 12.8. The van der Waals surface area contributed by atoms with Gasteiger partial charge in [-0.2, -0.15) is 0 Å². The fraction of sp³-hybridized carbons (Fsp3) is 0.536. The highest BCUT2D eigenvalue weighted by molar-refractivity contribution is 5.68. The number of nitrogens with zero attached hydrogens (tertiary/aromatic N) is 2. The molecule has 8 nitrogen and oxygen atoms in total. The van der Waals surface area contributed by atoms with Crippen LogP contribution in [0, 0.1) is 11.8 Å². The molecule has 192 valence electrons. The molecule has 8 heteroatoms. The molecule has 2 saturated carbocycles. The van der Waals surface area contributed by atoms with Crippen LogP contribution in [0.2, 0.25) is 0 Å². The number of ether oxygens (including phenoxy) is 2. The van der Waals surface area contributed by atoms with Crippen LogP contribution in [-0.4, -0.2) is 46.4 Å². The van der Waals surface area contributed by atoms with Gasteiger partial charge < -0.3 is 24.8 Å².